The van der Waals surface area contributed by atoms with Crippen LogP contribution in [0.5, 0.6) is 5.75 Å². The Hall–Kier alpha value is -2.19. The predicted molar refractivity (Wildman–Crippen MR) is 95.4 cm³/mol. The molecule has 0 atom stereocenters. The lowest BCUT2D eigenvalue weighted by Crippen LogP contribution is -2.39. The molecule has 26 heavy (non-hydrogen) atoms. The van der Waals surface area contributed by atoms with Gasteiger partial charge >= 0.3 is 0 Å². The fourth-order valence-electron chi connectivity index (χ4n) is 3.08. The van der Waals surface area contributed by atoms with E-state index in [1.54, 1.807) is 6.07 Å². The second-order valence-electron chi connectivity index (χ2n) is 6.24. The van der Waals surface area contributed by atoms with Crippen molar-refractivity contribution in [3.63, 3.8) is 0 Å². The number of aromatic nitrogens is 1. The highest BCUT2D eigenvalue weighted by atomic mass is 32.2. The molecule has 8 heteroatoms. The van der Waals surface area contributed by atoms with Gasteiger partial charge in [-0.05, 0) is 42.7 Å². The average Bonchev–Trinajstić information content (AvgIpc) is 2.64. The largest absolute Gasteiger partial charge is 0.494 e. The van der Waals surface area contributed by atoms with Gasteiger partial charge in [0.25, 0.3) is 5.56 Å². The minimum absolute atomic E-state index is 0.0725. The maximum atomic E-state index is 13.9. The summed E-state index contributed by atoms with van der Waals surface area (Å²) in [5.74, 6) is -0.419. The Morgan fingerprint density at radius 3 is 2.54 bits per heavy atom. The highest BCUT2D eigenvalue weighted by molar-refractivity contribution is 7.89. The lowest BCUT2D eigenvalue weighted by molar-refractivity contribution is 0.346. The lowest BCUT2D eigenvalue weighted by Gasteiger charge is -2.25. The maximum Gasteiger partial charge on any atom is 0.271 e. The molecule has 0 unspecified atom stereocenters. The summed E-state index contributed by atoms with van der Waals surface area (Å²) in [5, 5.41) is 0. The molecule has 3 rings (SSSR count). The highest BCUT2D eigenvalue weighted by Gasteiger charge is 2.28. The number of ether oxygens (including phenoxy) is 1. The molecule has 1 saturated heterocycles. The summed E-state index contributed by atoms with van der Waals surface area (Å²) in [6, 6.07) is 7.25. The van der Waals surface area contributed by atoms with E-state index in [0.29, 0.717) is 18.7 Å². The van der Waals surface area contributed by atoms with Gasteiger partial charge in [0.15, 0.2) is 11.6 Å². The van der Waals surface area contributed by atoms with Crippen molar-refractivity contribution in [1.29, 1.82) is 0 Å². The molecule has 0 N–H and O–H groups in total. The van der Waals surface area contributed by atoms with Gasteiger partial charge in [-0.25, -0.2) is 12.8 Å². The summed E-state index contributed by atoms with van der Waals surface area (Å²) < 4.78 is 46.9. The summed E-state index contributed by atoms with van der Waals surface area (Å²) in [5.41, 5.74) is -0.0628. The first kappa shape index (κ1) is 18.6. The standard InChI is InChI=1S/C18H21FN2O4S/c1-25-16-8-7-14(12-15(16)19)13-20-9-5-6-17(18(20)22)26(23,24)21-10-3-2-4-11-21/h5-9,12H,2-4,10-11,13H2,1H3. The molecule has 0 amide bonds. The fourth-order valence-corrected chi connectivity index (χ4v) is 4.69. The Morgan fingerprint density at radius 1 is 1.15 bits per heavy atom. The highest BCUT2D eigenvalue weighted by Crippen LogP contribution is 2.20. The Kier molecular flexibility index (Phi) is 5.43. The zero-order chi connectivity index (χ0) is 18.7. The summed E-state index contributed by atoms with van der Waals surface area (Å²) in [6.07, 6.45) is 4.09. The number of benzene rings is 1. The van der Waals surface area contributed by atoms with Crippen LogP contribution in [-0.4, -0.2) is 37.5 Å². The van der Waals surface area contributed by atoms with Crippen molar-refractivity contribution in [2.45, 2.75) is 30.7 Å². The van der Waals surface area contributed by atoms with E-state index in [-0.39, 0.29) is 17.2 Å². The smallest absolute Gasteiger partial charge is 0.271 e. The van der Waals surface area contributed by atoms with Crippen LogP contribution in [0.25, 0.3) is 0 Å². The number of hydrogen-bond donors (Lipinski definition) is 0. The Morgan fingerprint density at radius 2 is 1.88 bits per heavy atom. The van der Waals surface area contributed by atoms with Crippen LogP contribution in [0.3, 0.4) is 0 Å². The van der Waals surface area contributed by atoms with E-state index in [0.717, 1.165) is 19.3 Å². The van der Waals surface area contributed by atoms with Crippen LogP contribution in [0, 0.1) is 5.82 Å². The number of methoxy groups -OCH3 is 1. The molecule has 6 nitrogen and oxygen atoms in total. The fraction of sp³-hybridized carbons (Fsp3) is 0.389. The lowest BCUT2D eigenvalue weighted by atomic mass is 10.2. The maximum absolute atomic E-state index is 13.9. The molecule has 0 radical (unpaired) electrons. The molecule has 0 spiro atoms. The Balaban J connectivity index is 1.92. The number of halogens is 1. The molecule has 0 saturated carbocycles. The second kappa shape index (κ2) is 7.59. The topological polar surface area (TPSA) is 68.6 Å². The summed E-state index contributed by atoms with van der Waals surface area (Å²) in [4.78, 5) is 12.5. The van der Waals surface area contributed by atoms with E-state index in [1.807, 2.05) is 0 Å². The quantitative estimate of drug-likeness (QED) is 0.798. The molecule has 140 valence electrons. The van der Waals surface area contributed by atoms with Gasteiger partial charge < -0.3 is 9.30 Å². The van der Waals surface area contributed by atoms with Crippen LogP contribution in [0.4, 0.5) is 4.39 Å². The van der Waals surface area contributed by atoms with Crippen LogP contribution in [0.15, 0.2) is 46.2 Å². The average molecular weight is 380 g/mol. The van der Waals surface area contributed by atoms with Gasteiger partial charge in [-0.3, -0.25) is 4.79 Å². The third-order valence-corrected chi connectivity index (χ3v) is 6.40. The van der Waals surface area contributed by atoms with E-state index < -0.39 is 21.4 Å². The summed E-state index contributed by atoms with van der Waals surface area (Å²) in [6.45, 7) is 0.934. The zero-order valence-electron chi connectivity index (χ0n) is 14.5. The van der Waals surface area contributed by atoms with Crippen molar-refractivity contribution in [3.8, 4) is 5.75 Å². The number of sulfonamides is 1. The minimum atomic E-state index is -3.82. The molecule has 0 bridgehead atoms. The Bertz CT molecular complexity index is 950. The number of piperidine rings is 1. The summed E-state index contributed by atoms with van der Waals surface area (Å²) >= 11 is 0. The van der Waals surface area contributed by atoms with Crippen molar-refractivity contribution < 1.29 is 17.5 Å². The molecule has 2 aromatic rings. The van der Waals surface area contributed by atoms with Crippen molar-refractivity contribution in [2.75, 3.05) is 20.2 Å². The monoisotopic (exact) mass is 380 g/mol. The SMILES string of the molecule is COc1ccc(Cn2cccc(S(=O)(=O)N3CCCCC3)c2=O)cc1F. The van der Waals surface area contributed by atoms with E-state index >= 15 is 0 Å². The molecule has 0 aliphatic carbocycles. The van der Waals surface area contributed by atoms with Crippen LogP contribution >= 0.6 is 0 Å². The van der Waals surface area contributed by atoms with Crippen molar-refractivity contribution in [2.24, 2.45) is 0 Å². The van der Waals surface area contributed by atoms with Crippen molar-refractivity contribution in [3.05, 3.63) is 58.3 Å². The van der Waals surface area contributed by atoms with Crippen LogP contribution in [-0.2, 0) is 16.6 Å². The van der Waals surface area contributed by atoms with Gasteiger partial charge in [0, 0.05) is 19.3 Å². The minimum Gasteiger partial charge on any atom is -0.494 e. The van der Waals surface area contributed by atoms with Crippen molar-refractivity contribution in [1.82, 2.24) is 8.87 Å². The molecular weight excluding hydrogens is 359 g/mol. The molecule has 1 aromatic carbocycles. The van der Waals surface area contributed by atoms with Gasteiger partial charge in [-0.15, -0.1) is 0 Å². The van der Waals surface area contributed by atoms with Gasteiger partial charge in [0.2, 0.25) is 10.0 Å². The van der Waals surface area contributed by atoms with Crippen molar-refractivity contribution >= 4 is 10.0 Å². The third-order valence-electron chi connectivity index (χ3n) is 4.49. The van der Waals surface area contributed by atoms with E-state index in [4.69, 9.17) is 4.74 Å². The first-order valence-corrected chi connectivity index (χ1v) is 9.89. The second-order valence-corrected chi connectivity index (χ2v) is 8.15. The molecule has 1 fully saturated rings. The molecule has 1 aliphatic heterocycles. The van der Waals surface area contributed by atoms with Crippen LogP contribution < -0.4 is 10.3 Å². The Labute approximate surface area is 151 Å². The molecule has 1 aromatic heterocycles. The number of rotatable bonds is 5. The molecule has 1 aliphatic rings. The van der Waals surface area contributed by atoms with E-state index in [9.17, 15) is 17.6 Å². The van der Waals surface area contributed by atoms with Gasteiger partial charge in [0.05, 0.1) is 13.7 Å². The normalized spacial score (nSPS) is 15.8. The van der Waals surface area contributed by atoms with Gasteiger partial charge in [-0.1, -0.05) is 12.5 Å². The van der Waals surface area contributed by atoms with Crippen LogP contribution in [0.1, 0.15) is 24.8 Å². The van der Waals surface area contributed by atoms with Crippen LogP contribution in [0.2, 0.25) is 0 Å². The number of nitrogens with zero attached hydrogens (tertiary/aromatic N) is 2. The van der Waals surface area contributed by atoms with Gasteiger partial charge in [-0.2, -0.15) is 4.31 Å². The van der Waals surface area contributed by atoms with Gasteiger partial charge in [0.1, 0.15) is 4.90 Å². The molecular formula is C18H21FN2O4S. The van der Waals surface area contributed by atoms with E-state index in [2.05, 4.69) is 0 Å². The molecule has 2 heterocycles. The number of hydrogen-bond acceptors (Lipinski definition) is 4. The predicted octanol–water partition coefficient (Wildman–Crippen LogP) is 2.22. The first-order chi connectivity index (χ1) is 12.4. The number of pyridine rings is 1. The van der Waals surface area contributed by atoms with E-state index in [1.165, 1.54) is 46.4 Å². The zero-order valence-corrected chi connectivity index (χ0v) is 15.3. The summed E-state index contributed by atoms with van der Waals surface area (Å²) in [7, 11) is -2.45. The third kappa shape index (κ3) is 3.66. The first-order valence-electron chi connectivity index (χ1n) is 8.45.